The lowest BCUT2D eigenvalue weighted by Gasteiger charge is -2.21. The molecular weight excluding hydrogens is 316 g/mol. The van der Waals surface area contributed by atoms with Gasteiger partial charge in [0, 0.05) is 19.4 Å². The van der Waals surface area contributed by atoms with E-state index >= 15 is 0 Å². The standard InChI is InChI=1S/C15H14N4O3S/c1-9(20)18-8-16-13-15(18)23-14(17-19(13)10(2)21)11-5-4-6-12(7-11)22-3/h4-8H,1-3H3. The molecule has 0 aliphatic carbocycles. The number of aromatic nitrogens is 2. The lowest BCUT2D eigenvalue weighted by atomic mass is 10.2. The predicted molar refractivity (Wildman–Crippen MR) is 87.1 cm³/mol. The maximum Gasteiger partial charge on any atom is 0.245 e. The molecule has 1 aromatic carbocycles. The number of carbonyl (C=O) groups excluding carboxylic acids is 2. The molecule has 8 heteroatoms. The van der Waals surface area contributed by atoms with Crippen molar-refractivity contribution in [3.8, 4) is 5.75 Å². The minimum atomic E-state index is -0.277. The average Bonchev–Trinajstić information content (AvgIpc) is 2.97. The lowest BCUT2D eigenvalue weighted by Crippen LogP contribution is -2.28. The highest BCUT2D eigenvalue weighted by Crippen LogP contribution is 2.37. The van der Waals surface area contributed by atoms with Gasteiger partial charge in [0.1, 0.15) is 22.1 Å². The number of hydrogen-bond acceptors (Lipinski definition) is 6. The van der Waals surface area contributed by atoms with Crippen LogP contribution in [0, 0.1) is 0 Å². The van der Waals surface area contributed by atoms with Crippen LogP contribution in [0.15, 0.2) is 40.7 Å². The monoisotopic (exact) mass is 330 g/mol. The van der Waals surface area contributed by atoms with E-state index < -0.39 is 0 Å². The Labute approximate surface area is 136 Å². The molecule has 7 nitrogen and oxygen atoms in total. The fourth-order valence-corrected chi connectivity index (χ4v) is 3.19. The van der Waals surface area contributed by atoms with E-state index in [0.717, 1.165) is 5.56 Å². The van der Waals surface area contributed by atoms with Gasteiger partial charge in [0.15, 0.2) is 5.82 Å². The van der Waals surface area contributed by atoms with Crippen LogP contribution in [-0.2, 0) is 4.79 Å². The first-order valence-corrected chi connectivity index (χ1v) is 7.62. The highest BCUT2D eigenvalue weighted by atomic mass is 32.2. The van der Waals surface area contributed by atoms with Crippen LogP contribution >= 0.6 is 11.8 Å². The minimum Gasteiger partial charge on any atom is -0.497 e. The van der Waals surface area contributed by atoms with Gasteiger partial charge in [0.25, 0.3) is 0 Å². The number of nitrogens with zero attached hydrogens (tertiary/aromatic N) is 4. The largest absolute Gasteiger partial charge is 0.497 e. The van der Waals surface area contributed by atoms with Gasteiger partial charge in [-0.25, -0.2) is 4.98 Å². The Hall–Kier alpha value is -2.61. The van der Waals surface area contributed by atoms with Crippen molar-refractivity contribution in [1.29, 1.82) is 0 Å². The Bertz CT molecular complexity index is 828. The van der Waals surface area contributed by atoms with Crippen LogP contribution < -0.4 is 9.75 Å². The number of hydrogen-bond donors (Lipinski definition) is 0. The first kappa shape index (κ1) is 15.3. The van der Waals surface area contributed by atoms with E-state index in [9.17, 15) is 9.59 Å². The number of ether oxygens (including phenoxy) is 1. The van der Waals surface area contributed by atoms with Crippen LogP contribution in [0.1, 0.15) is 24.2 Å². The molecule has 2 heterocycles. The first-order valence-electron chi connectivity index (χ1n) is 6.81. The van der Waals surface area contributed by atoms with Crippen molar-refractivity contribution in [1.82, 2.24) is 9.55 Å². The number of fused-ring (bicyclic) bond motifs is 1. The van der Waals surface area contributed by atoms with E-state index in [0.29, 0.717) is 21.6 Å². The molecule has 0 N–H and O–H groups in total. The normalized spacial score (nSPS) is 13.3. The van der Waals surface area contributed by atoms with Gasteiger partial charge in [0.2, 0.25) is 11.8 Å². The number of methoxy groups -OCH3 is 1. The third-order valence-electron chi connectivity index (χ3n) is 3.24. The smallest absolute Gasteiger partial charge is 0.245 e. The molecule has 2 aromatic rings. The second-order valence-electron chi connectivity index (χ2n) is 4.83. The zero-order valence-corrected chi connectivity index (χ0v) is 13.6. The molecule has 1 amide bonds. The van der Waals surface area contributed by atoms with Gasteiger partial charge in [-0.2, -0.15) is 10.1 Å². The number of anilines is 1. The zero-order chi connectivity index (χ0) is 16.6. The highest BCUT2D eigenvalue weighted by Gasteiger charge is 2.29. The molecule has 0 atom stereocenters. The number of rotatable bonds is 2. The molecule has 23 heavy (non-hydrogen) atoms. The van der Waals surface area contributed by atoms with E-state index in [-0.39, 0.29) is 11.8 Å². The highest BCUT2D eigenvalue weighted by molar-refractivity contribution is 8.14. The maximum absolute atomic E-state index is 11.9. The van der Waals surface area contributed by atoms with Crippen molar-refractivity contribution in [2.24, 2.45) is 5.10 Å². The Kier molecular flexibility index (Phi) is 3.91. The van der Waals surface area contributed by atoms with Gasteiger partial charge in [-0.05, 0) is 23.9 Å². The quantitative estimate of drug-likeness (QED) is 0.845. The van der Waals surface area contributed by atoms with Crippen LogP contribution in [0.4, 0.5) is 5.82 Å². The minimum absolute atomic E-state index is 0.179. The number of amides is 1. The first-order chi connectivity index (χ1) is 11.0. The zero-order valence-electron chi connectivity index (χ0n) is 12.8. The van der Waals surface area contributed by atoms with E-state index in [1.165, 1.54) is 41.5 Å². The summed E-state index contributed by atoms with van der Waals surface area (Å²) in [6, 6.07) is 7.36. The SMILES string of the molecule is COc1cccc(C2=NN(C(C)=O)c3ncn(C(C)=O)c3S2)c1. The maximum atomic E-state index is 11.9. The number of imidazole rings is 1. The molecule has 0 unspecified atom stereocenters. The van der Waals surface area contributed by atoms with E-state index in [1.54, 1.807) is 7.11 Å². The van der Waals surface area contributed by atoms with Gasteiger partial charge < -0.3 is 4.74 Å². The second-order valence-corrected chi connectivity index (χ2v) is 5.81. The van der Waals surface area contributed by atoms with E-state index in [4.69, 9.17) is 4.74 Å². The number of benzene rings is 1. The van der Waals surface area contributed by atoms with Crippen molar-refractivity contribution >= 4 is 34.4 Å². The average molecular weight is 330 g/mol. The van der Waals surface area contributed by atoms with Crippen LogP contribution in [0.3, 0.4) is 0 Å². The van der Waals surface area contributed by atoms with Crippen molar-refractivity contribution in [2.45, 2.75) is 18.9 Å². The van der Waals surface area contributed by atoms with Crippen LogP contribution in [0.5, 0.6) is 5.75 Å². The van der Waals surface area contributed by atoms with Crippen molar-refractivity contribution < 1.29 is 14.3 Å². The molecule has 0 fully saturated rings. The molecule has 0 saturated carbocycles. The Morgan fingerprint density at radius 2 is 2.00 bits per heavy atom. The van der Waals surface area contributed by atoms with Crippen molar-refractivity contribution in [2.75, 3.05) is 12.1 Å². The van der Waals surface area contributed by atoms with Gasteiger partial charge in [-0.3, -0.25) is 14.2 Å². The summed E-state index contributed by atoms with van der Waals surface area (Å²) in [5.74, 6) is 0.595. The van der Waals surface area contributed by atoms with Gasteiger partial charge in [-0.15, -0.1) is 0 Å². The third kappa shape index (κ3) is 2.72. The van der Waals surface area contributed by atoms with Crippen LogP contribution in [0.25, 0.3) is 0 Å². The summed E-state index contributed by atoms with van der Waals surface area (Å²) in [6.45, 7) is 2.84. The second kappa shape index (κ2) is 5.88. The van der Waals surface area contributed by atoms with Gasteiger partial charge in [0.05, 0.1) is 7.11 Å². The predicted octanol–water partition coefficient (Wildman–Crippen LogP) is 2.37. The molecular formula is C15H14N4O3S. The summed E-state index contributed by atoms with van der Waals surface area (Å²) < 4.78 is 6.63. The fraction of sp³-hybridized carbons (Fsp3) is 0.200. The van der Waals surface area contributed by atoms with Gasteiger partial charge >= 0.3 is 0 Å². The van der Waals surface area contributed by atoms with Crippen molar-refractivity contribution in [3.63, 3.8) is 0 Å². The summed E-state index contributed by atoms with van der Waals surface area (Å²) in [7, 11) is 1.58. The summed E-state index contributed by atoms with van der Waals surface area (Å²) in [5.41, 5.74) is 0.794. The molecule has 0 radical (unpaired) electrons. The summed E-state index contributed by atoms with van der Waals surface area (Å²) >= 11 is 1.29. The molecule has 118 valence electrons. The summed E-state index contributed by atoms with van der Waals surface area (Å²) in [4.78, 5) is 27.8. The summed E-state index contributed by atoms with van der Waals surface area (Å²) in [6.07, 6.45) is 1.40. The van der Waals surface area contributed by atoms with E-state index in [2.05, 4.69) is 10.1 Å². The Balaban J connectivity index is 2.10. The molecule has 0 bridgehead atoms. The molecule has 0 saturated heterocycles. The lowest BCUT2D eigenvalue weighted by molar-refractivity contribution is -0.116. The van der Waals surface area contributed by atoms with Crippen molar-refractivity contribution in [3.05, 3.63) is 36.2 Å². The summed E-state index contributed by atoms with van der Waals surface area (Å²) in [5, 5.41) is 6.73. The molecule has 0 spiro atoms. The van der Waals surface area contributed by atoms with Gasteiger partial charge in [-0.1, -0.05) is 12.1 Å². The fourth-order valence-electron chi connectivity index (χ4n) is 2.13. The number of thioether (sulfide) groups is 1. The molecule has 3 rings (SSSR count). The Morgan fingerprint density at radius 1 is 1.22 bits per heavy atom. The molecule has 1 aliphatic heterocycles. The topological polar surface area (TPSA) is 76.8 Å². The molecule has 1 aromatic heterocycles. The Morgan fingerprint density at radius 3 is 2.65 bits per heavy atom. The number of carbonyl (C=O) groups is 2. The van der Waals surface area contributed by atoms with E-state index in [1.807, 2.05) is 24.3 Å². The van der Waals surface area contributed by atoms with Crippen LogP contribution in [-0.4, -0.2) is 33.5 Å². The molecule has 1 aliphatic rings. The number of hydrazone groups is 1. The van der Waals surface area contributed by atoms with Crippen LogP contribution in [0.2, 0.25) is 0 Å². The third-order valence-corrected chi connectivity index (χ3v) is 4.33.